The van der Waals surface area contributed by atoms with Gasteiger partial charge in [0.15, 0.2) is 0 Å². The van der Waals surface area contributed by atoms with Crippen molar-refractivity contribution < 1.29 is 9.47 Å². The Labute approximate surface area is 93.8 Å². The smallest absolute Gasteiger partial charge is 0.0861 e. The molecular weight excluding hydrogens is 212 g/mol. The summed E-state index contributed by atoms with van der Waals surface area (Å²) in [6, 6.07) is 0. The number of hydrogen-bond donors (Lipinski definition) is 0. The van der Waals surface area contributed by atoms with Gasteiger partial charge in [-0.05, 0) is 17.5 Å². The molecular formula is C8H16N6O2. The van der Waals surface area contributed by atoms with Crippen molar-refractivity contribution in [1.29, 1.82) is 0 Å². The summed E-state index contributed by atoms with van der Waals surface area (Å²) in [6.07, 6.45) is 0.354. The maximum atomic E-state index is 8.17. The molecule has 2 atom stereocenters. The highest BCUT2D eigenvalue weighted by molar-refractivity contribution is 4.65. The fourth-order valence-electron chi connectivity index (χ4n) is 0.994. The molecule has 0 saturated carbocycles. The summed E-state index contributed by atoms with van der Waals surface area (Å²) in [5.74, 6) is 0. The lowest BCUT2D eigenvalue weighted by Gasteiger charge is -2.18. The fourth-order valence-corrected chi connectivity index (χ4v) is 0.994. The molecule has 0 aromatic carbocycles. The summed E-state index contributed by atoms with van der Waals surface area (Å²) >= 11 is 0. The van der Waals surface area contributed by atoms with Gasteiger partial charge in [-0.2, -0.15) is 0 Å². The Morgan fingerprint density at radius 1 is 1.12 bits per heavy atom. The number of nitrogens with zero attached hydrogens (tertiary/aromatic N) is 6. The Hall–Kier alpha value is -1.46. The van der Waals surface area contributed by atoms with Crippen LogP contribution in [0.25, 0.3) is 20.9 Å². The number of azide groups is 2. The lowest BCUT2D eigenvalue weighted by atomic mass is 10.3. The van der Waals surface area contributed by atoms with Gasteiger partial charge in [-0.15, -0.1) is 0 Å². The Morgan fingerprint density at radius 3 is 2.12 bits per heavy atom. The van der Waals surface area contributed by atoms with Gasteiger partial charge in [0, 0.05) is 16.9 Å². The number of ether oxygens (including phenoxy) is 2. The summed E-state index contributed by atoms with van der Waals surface area (Å²) < 4.78 is 10.5. The van der Waals surface area contributed by atoms with Crippen LogP contribution in [0.1, 0.15) is 13.3 Å². The highest BCUT2D eigenvalue weighted by Crippen LogP contribution is 2.02. The van der Waals surface area contributed by atoms with Crippen molar-refractivity contribution in [1.82, 2.24) is 0 Å². The van der Waals surface area contributed by atoms with Crippen LogP contribution in [0.5, 0.6) is 0 Å². The maximum Gasteiger partial charge on any atom is 0.0861 e. The van der Waals surface area contributed by atoms with Crippen LogP contribution < -0.4 is 0 Å². The summed E-state index contributed by atoms with van der Waals surface area (Å²) in [7, 11) is 1.52. The lowest BCUT2D eigenvalue weighted by Crippen LogP contribution is -2.26. The zero-order valence-corrected chi connectivity index (χ0v) is 9.48. The monoisotopic (exact) mass is 228 g/mol. The predicted octanol–water partition coefficient (Wildman–Crippen LogP) is 2.42. The fraction of sp³-hybridized carbons (Fsp3) is 1.00. The van der Waals surface area contributed by atoms with Gasteiger partial charge in [-0.1, -0.05) is 17.2 Å². The number of methoxy groups -OCH3 is 1. The topological polar surface area (TPSA) is 116 Å². The first-order valence-electron chi connectivity index (χ1n) is 4.94. The molecule has 0 aromatic heterocycles. The Balaban J connectivity index is 3.95. The first-order valence-corrected chi connectivity index (χ1v) is 4.94. The molecule has 0 rings (SSSR count). The number of rotatable bonds is 9. The molecule has 0 spiro atoms. The molecule has 0 aromatic rings. The van der Waals surface area contributed by atoms with E-state index in [4.69, 9.17) is 20.5 Å². The van der Waals surface area contributed by atoms with Gasteiger partial charge in [-0.25, -0.2) is 0 Å². The van der Waals surface area contributed by atoms with Gasteiger partial charge >= 0.3 is 0 Å². The third kappa shape index (κ3) is 6.92. The number of hydrogen-bond acceptors (Lipinski definition) is 4. The average molecular weight is 228 g/mol. The summed E-state index contributed by atoms with van der Waals surface area (Å²) in [5, 5.41) is 6.84. The molecule has 16 heavy (non-hydrogen) atoms. The minimum absolute atomic E-state index is 0.125. The predicted molar refractivity (Wildman–Crippen MR) is 58.9 cm³/mol. The lowest BCUT2D eigenvalue weighted by molar-refractivity contribution is -0.0211. The van der Waals surface area contributed by atoms with Crippen LogP contribution in [-0.2, 0) is 9.47 Å². The van der Waals surface area contributed by atoms with Gasteiger partial charge in [0.05, 0.1) is 31.9 Å². The van der Waals surface area contributed by atoms with E-state index >= 15 is 0 Å². The summed E-state index contributed by atoms with van der Waals surface area (Å²) in [5.41, 5.74) is 16.3. The van der Waals surface area contributed by atoms with Crippen LogP contribution in [0.3, 0.4) is 0 Å². The average Bonchev–Trinajstić information content (AvgIpc) is 2.33. The molecule has 0 aliphatic heterocycles. The zero-order valence-electron chi connectivity index (χ0n) is 9.48. The van der Waals surface area contributed by atoms with E-state index in [1.165, 1.54) is 7.11 Å². The van der Waals surface area contributed by atoms with Crippen molar-refractivity contribution in [2.45, 2.75) is 25.6 Å². The van der Waals surface area contributed by atoms with Crippen LogP contribution >= 0.6 is 0 Å². The standard InChI is InChI=1S/C8H16N6O2/c1-3-7(4-11-13-9)16-6-8(15-2)5-12-14-10/h7-8H,3-6H2,1-2H3. The molecule has 0 amide bonds. The molecule has 0 aliphatic rings. The first-order chi connectivity index (χ1) is 7.78. The molecule has 90 valence electrons. The minimum Gasteiger partial charge on any atom is -0.379 e. The van der Waals surface area contributed by atoms with Crippen molar-refractivity contribution in [3.8, 4) is 0 Å². The van der Waals surface area contributed by atoms with Crippen molar-refractivity contribution in [3.05, 3.63) is 20.9 Å². The SMILES string of the molecule is CCC(CN=[N+]=[N-])OCC(CN=[N+]=[N-])OC. The van der Waals surface area contributed by atoms with Crippen LogP contribution in [0.2, 0.25) is 0 Å². The van der Waals surface area contributed by atoms with Gasteiger partial charge in [0.2, 0.25) is 0 Å². The van der Waals surface area contributed by atoms with Crippen molar-refractivity contribution in [2.24, 2.45) is 10.2 Å². The molecule has 0 aliphatic carbocycles. The second-order valence-corrected chi connectivity index (χ2v) is 3.05. The molecule has 0 bridgehead atoms. The Morgan fingerprint density at radius 2 is 1.69 bits per heavy atom. The summed E-state index contributed by atoms with van der Waals surface area (Å²) in [4.78, 5) is 5.31. The quantitative estimate of drug-likeness (QED) is 0.342. The van der Waals surface area contributed by atoms with Crippen LogP contribution in [0, 0.1) is 0 Å². The van der Waals surface area contributed by atoms with E-state index in [0.29, 0.717) is 13.2 Å². The Bertz CT molecular complexity index is 244. The van der Waals surface area contributed by atoms with Crippen LogP contribution in [-0.4, -0.2) is 39.0 Å². The van der Waals surface area contributed by atoms with E-state index in [1.807, 2.05) is 6.92 Å². The second-order valence-electron chi connectivity index (χ2n) is 3.05. The van der Waals surface area contributed by atoms with Crippen LogP contribution in [0.4, 0.5) is 0 Å². The molecule has 8 heteroatoms. The van der Waals surface area contributed by atoms with Gasteiger partial charge in [-0.3, -0.25) is 0 Å². The molecule has 8 nitrogen and oxygen atoms in total. The van der Waals surface area contributed by atoms with Gasteiger partial charge < -0.3 is 9.47 Å². The first kappa shape index (κ1) is 14.5. The van der Waals surface area contributed by atoms with Crippen molar-refractivity contribution in [3.63, 3.8) is 0 Å². The largest absolute Gasteiger partial charge is 0.379 e. The van der Waals surface area contributed by atoms with Crippen molar-refractivity contribution in [2.75, 3.05) is 26.8 Å². The molecule has 0 radical (unpaired) electrons. The minimum atomic E-state index is -0.268. The van der Waals surface area contributed by atoms with Gasteiger partial charge in [0.1, 0.15) is 0 Å². The molecule has 0 N–H and O–H groups in total. The van der Waals surface area contributed by atoms with Gasteiger partial charge in [0.25, 0.3) is 0 Å². The zero-order chi connectivity index (χ0) is 12.2. The van der Waals surface area contributed by atoms with E-state index in [0.717, 1.165) is 6.42 Å². The highest BCUT2D eigenvalue weighted by Gasteiger charge is 2.10. The second kappa shape index (κ2) is 10.1. The van der Waals surface area contributed by atoms with E-state index in [-0.39, 0.29) is 18.8 Å². The van der Waals surface area contributed by atoms with E-state index < -0.39 is 0 Å². The third-order valence-electron chi connectivity index (χ3n) is 2.00. The molecule has 2 unspecified atom stereocenters. The van der Waals surface area contributed by atoms with E-state index in [1.54, 1.807) is 0 Å². The van der Waals surface area contributed by atoms with E-state index in [2.05, 4.69) is 20.1 Å². The maximum absolute atomic E-state index is 8.17. The normalized spacial score (nSPS) is 13.4. The highest BCUT2D eigenvalue weighted by atomic mass is 16.5. The van der Waals surface area contributed by atoms with E-state index in [9.17, 15) is 0 Å². The Kier molecular flexibility index (Phi) is 9.15. The molecule has 0 fully saturated rings. The van der Waals surface area contributed by atoms with Crippen LogP contribution in [0.15, 0.2) is 10.2 Å². The molecule has 0 saturated heterocycles. The third-order valence-corrected chi connectivity index (χ3v) is 2.00. The molecule has 0 heterocycles. The summed E-state index contributed by atoms with van der Waals surface area (Å²) in [6.45, 7) is 2.78. The van der Waals surface area contributed by atoms with Crippen molar-refractivity contribution >= 4 is 0 Å².